The summed E-state index contributed by atoms with van der Waals surface area (Å²) in [4.78, 5) is 15.3. The number of piperidine rings is 1. The number of nitrogens with zero attached hydrogens (tertiary/aromatic N) is 2. The molecule has 134 valence electrons. The van der Waals surface area contributed by atoms with Gasteiger partial charge in [0.15, 0.2) is 5.76 Å². The van der Waals surface area contributed by atoms with E-state index in [0.717, 1.165) is 49.5 Å². The largest absolute Gasteiger partial charge is 0.359 e. The predicted octanol–water partition coefficient (Wildman–Crippen LogP) is 3.33. The van der Waals surface area contributed by atoms with E-state index < -0.39 is 0 Å². The Kier molecular flexibility index (Phi) is 5.87. The van der Waals surface area contributed by atoms with E-state index >= 15 is 0 Å². The Morgan fingerprint density at radius 3 is 2.68 bits per heavy atom. The van der Waals surface area contributed by atoms with Crippen LogP contribution in [0, 0.1) is 5.92 Å². The lowest BCUT2D eigenvalue weighted by Gasteiger charge is -2.36. The molecule has 0 saturated carbocycles. The first-order valence-electron chi connectivity index (χ1n) is 9.18. The van der Waals surface area contributed by atoms with E-state index in [0.29, 0.717) is 12.3 Å². The molecule has 1 amide bonds. The van der Waals surface area contributed by atoms with E-state index in [1.54, 1.807) is 0 Å². The van der Waals surface area contributed by atoms with Crippen LogP contribution in [0.4, 0.5) is 0 Å². The van der Waals surface area contributed by atoms with Crippen LogP contribution in [-0.4, -0.2) is 29.1 Å². The quantitative estimate of drug-likeness (QED) is 0.875. The highest BCUT2D eigenvalue weighted by atomic mass is 16.5. The zero-order valence-electron chi connectivity index (χ0n) is 15.1. The van der Waals surface area contributed by atoms with Crippen molar-refractivity contribution < 1.29 is 9.32 Å². The Labute approximate surface area is 149 Å². The van der Waals surface area contributed by atoms with E-state index in [4.69, 9.17) is 4.52 Å². The predicted molar refractivity (Wildman–Crippen MR) is 96.9 cm³/mol. The van der Waals surface area contributed by atoms with E-state index in [-0.39, 0.29) is 11.9 Å². The van der Waals surface area contributed by atoms with Gasteiger partial charge in [-0.15, -0.1) is 0 Å². The third kappa shape index (κ3) is 4.48. The molecule has 5 heteroatoms. The first-order chi connectivity index (χ1) is 12.2. The number of benzene rings is 1. The molecular formula is C20H27N3O2. The first kappa shape index (κ1) is 17.7. The van der Waals surface area contributed by atoms with Gasteiger partial charge in [0.05, 0.1) is 12.2 Å². The highest BCUT2D eigenvalue weighted by Crippen LogP contribution is 2.27. The molecule has 1 aromatic heterocycles. The van der Waals surface area contributed by atoms with Gasteiger partial charge in [0.2, 0.25) is 5.91 Å². The van der Waals surface area contributed by atoms with E-state index in [2.05, 4.69) is 22.3 Å². The van der Waals surface area contributed by atoms with Gasteiger partial charge in [0, 0.05) is 6.07 Å². The van der Waals surface area contributed by atoms with Crippen LogP contribution in [0.1, 0.15) is 49.7 Å². The first-order valence-corrected chi connectivity index (χ1v) is 9.18. The summed E-state index contributed by atoms with van der Waals surface area (Å²) in [6.45, 7) is 6.60. The summed E-state index contributed by atoms with van der Waals surface area (Å²) < 4.78 is 5.27. The highest BCUT2D eigenvalue weighted by Gasteiger charge is 2.30. The average Bonchev–Trinajstić information content (AvgIpc) is 3.11. The summed E-state index contributed by atoms with van der Waals surface area (Å²) in [6.07, 6.45) is 3.10. The van der Waals surface area contributed by atoms with Gasteiger partial charge in [-0.25, -0.2) is 0 Å². The van der Waals surface area contributed by atoms with Crippen LogP contribution in [0.3, 0.4) is 0 Å². The zero-order valence-corrected chi connectivity index (χ0v) is 15.1. The molecule has 3 rings (SSSR count). The van der Waals surface area contributed by atoms with Crippen molar-refractivity contribution in [1.29, 1.82) is 0 Å². The van der Waals surface area contributed by atoms with E-state index in [9.17, 15) is 4.79 Å². The fourth-order valence-electron chi connectivity index (χ4n) is 3.33. The third-order valence-electron chi connectivity index (χ3n) is 4.95. The van der Waals surface area contributed by atoms with Crippen LogP contribution >= 0.6 is 0 Å². The van der Waals surface area contributed by atoms with Gasteiger partial charge >= 0.3 is 0 Å². The van der Waals surface area contributed by atoms with Crippen molar-refractivity contribution in [3.63, 3.8) is 0 Å². The molecule has 2 aromatic rings. The van der Waals surface area contributed by atoms with Gasteiger partial charge in [-0.05, 0) is 43.8 Å². The minimum Gasteiger partial charge on any atom is -0.359 e. The molecule has 1 fully saturated rings. The molecule has 1 atom stereocenters. The number of aromatic nitrogens is 1. The molecule has 1 aliphatic heterocycles. The van der Waals surface area contributed by atoms with Crippen molar-refractivity contribution in [3.05, 3.63) is 53.4 Å². The lowest BCUT2D eigenvalue weighted by Crippen LogP contribution is -2.43. The second-order valence-electron chi connectivity index (χ2n) is 6.89. The Hall–Kier alpha value is -2.14. The lowest BCUT2D eigenvalue weighted by atomic mass is 9.95. The van der Waals surface area contributed by atoms with Crippen molar-refractivity contribution in [3.8, 4) is 0 Å². The monoisotopic (exact) mass is 341 g/mol. The molecule has 0 bridgehead atoms. The molecule has 1 saturated heterocycles. The van der Waals surface area contributed by atoms with Gasteiger partial charge < -0.3 is 9.84 Å². The van der Waals surface area contributed by atoms with Crippen LogP contribution < -0.4 is 5.32 Å². The standard InChI is InChI=1S/C20H27N3O2/c1-3-17-13-18(25-22-17)14-21-20(24)19(16-7-5-4-6-8-16)23-11-9-15(2)10-12-23/h4-8,13,15,19H,3,9-12,14H2,1-2H3,(H,21,24). The number of hydrogen-bond donors (Lipinski definition) is 1. The molecule has 0 radical (unpaired) electrons. The fourth-order valence-corrected chi connectivity index (χ4v) is 3.33. The number of amides is 1. The van der Waals surface area contributed by atoms with Crippen LogP contribution in [0.2, 0.25) is 0 Å². The van der Waals surface area contributed by atoms with Crippen molar-refractivity contribution in [2.75, 3.05) is 13.1 Å². The number of nitrogens with one attached hydrogen (secondary N) is 1. The summed E-state index contributed by atoms with van der Waals surface area (Å²) >= 11 is 0. The van der Waals surface area contributed by atoms with Crippen LogP contribution in [0.15, 0.2) is 40.9 Å². The van der Waals surface area contributed by atoms with Crippen LogP contribution in [0.25, 0.3) is 0 Å². The minimum absolute atomic E-state index is 0.0233. The molecule has 1 aliphatic rings. The van der Waals surface area contributed by atoms with Crippen molar-refractivity contribution in [2.45, 2.75) is 45.7 Å². The Morgan fingerprint density at radius 1 is 1.32 bits per heavy atom. The Morgan fingerprint density at radius 2 is 2.04 bits per heavy atom. The summed E-state index contributed by atoms with van der Waals surface area (Å²) in [5, 5.41) is 7.01. The molecule has 2 heterocycles. The number of rotatable bonds is 6. The second kappa shape index (κ2) is 8.30. The smallest absolute Gasteiger partial charge is 0.242 e. The number of carbonyl (C=O) groups is 1. The number of carbonyl (C=O) groups excluding carboxylic acids is 1. The molecule has 5 nitrogen and oxygen atoms in total. The molecule has 1 unspecified atom stereocenters. The molecule has 1 aromatic carbocycles. The summed E-state index contributed by atoms with van der Waals surface area (Å²) in [5.41, 5.74) is 1.95. The van der Waals surface area contributed by atoms with Gasteiger partial charge in [-0.1, -0.05) is 49.3 Å². The maximum absolute atomic E-state index is 13.0. The Bertz CT molecular complexity index is 675. The maximum atomic E-state index is 13.0. The lowest BCUT2D eigenvalue weighted by molar-refractivity contribution is -0.127. The molecule has 0 spiro atoms. The third-order valence-corrected chi connectivity index (χ3v) is 4.95. The minimum atomic E-state index is -0.248. The SMILES string of the molecule is CCc1cc(CNC(=O)C(c2ccccc2)N2CCC(C)CC2)on1. The maximum Gasteiger partial charge on any atom is 0.242 e. The van der Waals surface area contributed by atoms with E-state index in [1.807, 2.05) is 43.3 Å². The van der Waals surface area contributed by atoms with Gasteiger partial charge in [0.25, 0.3) is 0 Å². The van der Waals surface area contributed by atoms with Gasteiger partial charge in [-0.3, -0.25) is 9.69 Å². The molecule has 25 heavy (non-hydrogen) atoms. The summed E-state index contributed by atoms with van der Waals surface area (Å²) in [6, 6.07) is 11.7. The number of hydrogen-bond acceptors (Lipinski definition) is 4. The highest BCUT2D eigenvalue weighted by molar-refractivity contribution is 5.83. The van der Waals surface area contributed by atoms with Crippen molar-refractivity contribution in [1.82, 2.24) is 15.4 Å². The van der Waals surface area contributed by atoms with Crippen molar-refractivity contribution in [2.24, 2.45) is 5.92 Å². The normalized spacial score (nSPS) is 17.4. The number of aryl methyl sites for hydroxylation is 1. The molecule has 0 aliphatic carbocycles. The topological polar surface area (TPSA) is 58.4 Å². The van der Waals surface area contributed by atoms with Gasteiger partial charge in [0.1, 0.15) is 6.04 Å². The van der Waals surface area contributed by atoms with E-state index in [1.165, 1.54) is 0 Å². The van der Waals surface area contributed by atoms with Crippen LogP contribution in [0.5, 0.6) is 0 Å². The second-order valence-corrected chi connectivity index (χ2v) is 6.89. The summed E-state index contributed by atoms with van der Waals surface area (Å²) in [5.74, 6) is 1.46. The van der Waals surface area contributed by atoms with Crippen molar-refractivity contribution >= 4 is 5.91 Å². The van der Waals surface area contributed by atoms with Crippen LogP contribution in [-0.2, 0) is 17.8 Å². The number of likely N-dealkylation sites (tertiary alicyclic amines) is 1. The van der Waals surface area contributed by atoms with Gasteiger partial charge in [-0.2, -0.15) is 0 Å². The molecule has 1 N–H and O–H groups in total. The average molecular weight is 341 g/mol. The molecular weight excluding hydrogens is 314 g/mol. The Balaban J connectivity index is 1.70. The summed E-state index contributed by atoms with van der Waals surface area (Å²) in [7, 11) is 0. The fraction of sp³-hybridized carbons (Fsp3) is 0.500. The zero-order chi connectivity index (χ0) is 17.6.